The number of hydrogen-bond acceptors (Lipinski definition) is 5. The second-order valence-electron chi connectivity index (χ2n) is 6.27. The summed E-state index contributed by atoms with van der Waals surface area (Å²) in [5, 5.41) is 2.67. The summed E-state index contributed by atoms with van der Waals surface area (Å²) >= 11 is 0. The molecule has 2 atom stereocenters. The third kappa shape index (κ3) is 5.61. The van der Waals surface area contributed by atoms with Crippen LogP contribution in [0.3, 0.4) is 0 Å². The molecule has 2 amide bonds. The summed E-state index contributed by atoms with van der Waals surface area (Å²) in [5.74, 6) is -0.905. The number of nitrogens with one attached hydrogen (secondary N) is 1. The molecule has 7 nitrogen and oxygen atoms in total. The number of likely N-dealkylation sites (tertiary alicyclic amines) is 1. The number of ether oxygens (including phenoxy) is 2. The van der Waals surface area contributed by atoms with Crippen LogP contribution in [0, 0.1) is 5.92 Å². The molecule has 0 radical (unpaired) electrons. The Labute approximate surface area is 124 Å². The van der Waals surface area contributed by atoms with E-state index in [2.05, 4.69) is 10.1 Å². The molecule has 1 aliphatic rings. The first-order chi connectivity index (χ1) is 9.62. The van der Waals surface area contributed by atoms with E-state index in [0.29, 0.717) is 13.1 Å². The zero-order chi connectivity index (χ0) is 16.2. The summed E-state index contributed by atoms with van der Waals surface area (Å²) in [6.07, 6.45) is -0.364. The summed E-state index contributed by atoms with van der Waals surface area (Å²) in [7, 11) is 1.31. The van der Waals surface area contributed by atoms with Crippen LogP contribution in [0.25, 0.3) is 0 Å². The van der Waals surface area contributed by atoms with Crippen LogP contribution in [-0.2, 0) is 19.1 Å². The molecule has 1 fully saturated rings. The topological polar surface area (TPSA) is 84.9 Å². The maximum Gasteiger partial charge on any atom is 0.407 e. The molecule has 0 aromatic carbocycles. The van der Waals surface area contributed by atoms with Crippen molar-refractivity contribution in [1.29, 1.82) is 0 Å². The van der Waals surface area contributed by atoms with Gasteiger partial charge in [0.05, 0.1) is 13.0 Å². The monoisotopic (exact) mass is 300 g/mol. The Morgan fingerprint density at radius 3 is 2.57 bits per heavy atom. The van der Waals surface area contributed by atoms with E-state index in [0.717, 1.165) is 0 Å². The summed E-state index contributed by atoms with van der Waals surface area (Å²) in [4.78, 5) is 36.5. The van der Waals surface area contributed by atoms with E-state index < -0.39 is 17.6 Å². The number of rotatable bonds is 4. The molecule has 0 aromatic heterocycles. The summed E-state index contributed by atoms with van der Waals surface area (Å²) in [6, 6.07) is -0.264. The molecule has 1 N–H and O–H groups in total. The second-order valence-corrected chi connectivity index (χ2v) is 6.27. The maximum atomic E-state index is 11.8. The molecule has 1 aliphatic heterocycles. The molecule has 1 saturated heterocycles. The van der Waals surface area contributed by atoms with Gasteiger partial charge >= 0.3 is 12.1 Å². The molecule has 7 heteroatoms. The normalized spacial score (nSPS) is 20.1. The number of carbonyl (C=O) groups excluding carboxylic acids is 3. The molecule has 120 valence electrons. The van der Waals surface area contributed by atoms with Crippen molar-refractivity contribution >= 4 is 18.0 Å². The smallest absolute Gasteiger partial charge is 0.407 e. The van der Waals surface area contributed by atoms with E-state index in [4.69, 9.17) is 4.74 Å². The molecule has 1 heterocycles. The van der Waals surface area contributed by atoms with E-state index in [-0.39, 0.29) is 24.3 Å². The van der Waals surface area contributed by atoms with Gasteiger partial charge in [0.15, 0.2) is 0 Å². The van der Waals surface area contributed by atoms with Gasteiger partial charge in [-0.2, -0.15) is 0 Å². The zero-order valence-corrected chi connectivity index (χ0v) is 13.3. The fourth-order valence-corrected chi connectivity index (χ4v) is 2.16. The van der Waals surface area contributed by atoms with Crippen LogP contribution in [0.5, 0.6) is 0 Å². The van der Waals surface area contributed by atoms with Gasteiger partial charge in [-0.3, -0.25) is 9.59 Å². The summed E-state index contributed by atoms with van der Waals surface area (Å²) in [5.41, 5.74) is -0.566. The number of hydrogen-bond donors (Lipinski definition) is 1. The van der Waals surface area contributed by atoms with Crippen molar-refractivity contribution in [1.82, 2.24) is 10.2 Å². The Balaban J connectivity index is 2.45. The van der Waals surface area contributed by atoms with Crippen LogP contribution in [0.4, 0.5) is 4.79 Å². The van der Waals surface area contributed by atoms with Crippen molar-refractivity contribution in [2.24, 2.45) is 5.92 Å². The lowest BCUT2D eigenvalue weighted by Gasteiger charge is -2.24. The number of methoxy groups -OCH3 is 1. The molecule has 0 spiro atoms. The molecule has 0 aliphatic carbocycles. The minimum Gasteiger partial charge on any atom is -0.469 e. The molecule has 0 saturated carbocycles. The average molecular weight is 300 g/mol. The Hall–Kier alpha value is -1.79. The first-order valence-electron chi connectivity index (χ1n) is 6.97. The predicted molar refractivity (Wildman–Crippen MR) is 75.5 cm³/mol. The minimum atomic E-state index is -0.566. The Morgan fingerprint density at radius 2 is 2.05 bits per heavy atom. The fraction of sp³-hybridized carbons (Fsp3) is 0.786. The van der Waals surface area contributed by atoms with Gasteiger partial charge in [-0.1, -0.05) is 0 Å². The number of amides is 2. The van der Waals surface area contributed by atoms with E-state index in [1.165, 1.54) is 7.11 Å². The van der Waals surface area contributed by atoms with Crippen LogP contribution >= 0.6 is 0 Å². The van der Waals surface area contributed by atoms with Gasteiger partial charge in [-0.25, -0.2) is 4.79 Å². The number of carbonyl (C=O) groups is 3. The van der Waals surface area contributed by atoms with Gasteiger partial charge in [0.25, 0.3) is 0 Å². The second kappa shape index (κ2) is 6.78. The van der Waals surface area contributed by atoms with Crippen LogP contribution in [-0.4, -0.2) is 54.7 Å². The lowest BCUT2D eigenvalue weighted by molar-refractivity contribution is -0.145. The average Bonchev–Trinajstić information content (AvgIpc) is 2.67. The highest BCUT2D eigenvalue weighted by Gasteiger charge is 2.35. The van der Waals surface area contributed by atoms with Gasteiger partial charge < -0.3 is 19.7 Å². The first kappa shape index (κ1) is 17.3. The number of alkyl carbamates (subject to hydrolysis) is 1. The quantitative estimate of drug-likeness (QED) is 0.780. The van der Waals surface area contributed by atoms with Crippen molar-refractivity contribution in [3.05, 3.63) is 0 Å². The predicted octanol–water partition coefficient (Wildman–Crippen LogP) is 0.921. The summed E-state index contributed by atoms with van der Waals surface area (Å²) < 4.78 is 9.80. The lowest BCUT2D eigenvalue weighted by atomic mass is 10.1. The fourth-order valence-electron chi connectivity index (χ4n) is 2.16. The van der Waals surface area contributed by atoms with Crippen LogP contribution in [0.15, 0.2) is 0 Å². The number of esters is 1. The van der Waals surface area contributed by atoms with Crippen molar-refractivity contribution in [3.8, 4) is 0 Å². The Morgan fingerprint density at radius 1 is 1.43 bits per heavy atom. The highest BCUT2D eigenvalue weighted by Crippen LogP contribution is 2.19. The molecule has 2 unspecified atom stereocenters. The first-order valence-corrected chi connectivity index (χ1v) is 6.97. The minimum absolute atomic E-state index is 0.108. The Kier molecular flexibility index (Phi) is 5.57. The van der Waals surface area contributed by atoms with Gasteiger partial charge in [0.2, 0.25) is 5.91 Å². The van der Waals surface area contributed by atoms with Crippen LogP contribution in [0.1, 0.15) is 34.1 Å². The van der Waals surface area contributed by atoms with Crippen molar-refractivity contribution < 1.29 is 23.9 Å². The van der Waals surface area contributed by atoms with Crippen molar-refractivity contribution in [2.45, 2.75) is 45.8 Å². The summed E-state index contributed by atoms with van der Waals surface area (Å²) in [6.45, 7) is 7.78. The van der Waals surface area contributed by atoms with Gasteiger partial charge in [0, 0.05) is 25.6 Å². The van der Waals surface area contributed by atoms with Gasteiger partial charge in [-0.15, -0.1) is 0 Å². The van der Waals surface area contributed by atoms with Gasteiger partial charge in [0.1, 0.15) is 5.60 Å². The standard InChI is InChI=1S/C14H24N2O5/c1-9(15-13(19)21-14(2,3)4)7-16-8-10(6-11(16)17)12(18)20-5/h9-10H,6-8H2,1-5H3,(H,15,19). The van der Waals surface area contributed by atoms with E-state index in [9.17, 15) is 14.4 Å². The third-order valence-corrected chi connectivity index (χ3v) is 3.01. The molecule has 1 rings (SSSR count). The Bertz CT molecular complexity index is 416. The number of nitrogens with zero attached hydrogens (tertiary/aromatic N) is 1. The highest BCUT2D eigenvalue weighted by molar-refractivity contribution is 5.86. The van der Waals surface area contributed by atoms with Crippen LogP contribution in [0.2, 0.25) is 0 Å². The lowest BCUT2D eigenvalue weighted by Crippen LogP contribution is -2.44. The van der Waals surface area contributed by atoms with Gasteiger partial charge in [-0.05, 0) is 27.7 Å². The van der Waals surface area contributed by atoms with E-state index in [1.807, 2.05) is 0 Å². The molecular weight excluding hydrogens is 276 g/mol. The largest absolute Gasteiger partial charge is 0.469 e. The molecule has 0 bridgehead atoms. The van der Waals surface area contributed by atoms with E-state index >= 15 is 0 Å². The molecule has 21 heavy (non-hydrogen) atoms. The zero-order valence-electron chi connectivity index (χ0n) is 13.3. The third-order valence-electron chi connectivity index (χ3n) is 3.01. The van der Waals surface area contributed by atoms with Crippen LogP contribution < -0.4 is 5.32 Å². The maximum absolute atomic E-state index is 11.8. The van der Waals surface area contributed by atoms with Crippen molar-refractivity contribution in [2.75, 3.05) is 20.2 Å². The van der Waals surface area contributed by atoms with Crippen molar-refractivity contribution in [3.63, 3.8) is 0 Å². The highest BCUT2D eigenvalue weighted by atomic mass is 16.6. The molecule has 0 aromatic rings. The molecular formula is C14H24N2O5. The van der Waals surface area contributed by atoms with E-state index in [1.54, 1.807) is 32.6 Å². The SMILES string of the molecule is COC(=O)C1CC(=O)N(CC(C)NC(=O)OC(C)(C)C)C1.